The molecule has 4 atom stereocenters. The fourth-order valence-electron chi connectivity index (χ4n) is 3.98. The number of esters is 1. The van der Waals surface area contributed by atoms with Crippen LogP contribution in [0.5, 0.6) is 0 Å². The van der Waals surface area contributed by atoms with Crippen molar-refractivity contribution in [1.29, 1.82) is 0 Å². The van der Waals surface area contributed by atoms with Gasteiger partial charge in [0.25, 0.3) is 0 Å². The lowest BCUT2D eigenvalue weighted by Gasteiger charge is -2.35. The molecule has 0 fully saturated rings. The van der Waals surface area contributed by atoms with Gasteiger partial charge in [-0.1, -0.05) is 30.2 Å². The first-order valence-electron chi connectivity index (χ1n) is 11.4. The van der Waals surface area contributed by atoms with Gasteiger partial charge in [-0.15, -0.1) is 0 Å². The van der Waals surface area contributed by atoms with Gasteiger partial charge in [-0.25, -0.2) is 4.79 Å². The molecule has 0 amide bonds. The van der Waals surface area contributed by atoms with Crippen molar-refractivity contribution in [3.63, 3.8) is 0 Å². The lowest BCUT2D eigenvalue weighted by molar-refractivity contribution is -0.153. The first-order chi connectivity index (χ1) is 15.9. The van der Waals surface area contributed by atoms with Crippen LogP contribution in [0.3, 0.4) is 0 Å². The number of rotatable bonds is 12. The standard InChI is InChI=1S/C26H38O8/c1-15(9-8-10-16(2)13-20(28)14-17(3)26(30)31)11-12-21-18(4)22(29)24(32-6)25(33-7)23(21)34-19(5)27/h10-11,14,18,20-21,23,28H,8-9,12-13H2,1-7H3,(H,30,31)/b15-11-,16-10+,17-14-/t18-,20+,21-,23-/m1/s1. The van der Waals surface area contributed by atoms with Gasteiger partial charge >= 0.3 is 11.9 Å². The summed E-state index contributed by atoms with van der Waals surface area (Å²) in [6.45, 7) is 8.48. The molecule has 8 nitrogen and oxygen atoms in total. The Labute approximate surface area is 202 Å². The van der Waals surface area contributed by atoms with E-state index < -0.39 is 30.1 Å². The number of ether oxygens (including phenoxy) is 3. The zero-order chi connectivity index (χ0) is 26.0. The summed E-state index contributed by atoms with van der Waals surface area (Å²) >= 11 is 0. The quantitative estimate of drug-likeness (QED) is 0.244. The van der Waals surface area contributed by atoms with Gasteiger partial charge in [0, 0.05) is 24.3 Å². The summed E-state index contributed by atoms with van der Waals surface area (Å²) < 4.78 is 16.2. The maximum atomic E-state index is 12.8. The Bertz CT molecular complexity index is 877. The molecule has 1 aliphatic carbocycles. The van der Waals surface area contributed by atoms with E-state index in [4.69, 9.17) is 19.3 Å². The predicted molar refractivity (Wildman–Crippen MR) is 128 cm³/mol. The third kappa shape index (κ3) is 8.48. The van der Waals surface area contributed by atoms with Gasteiger partial charge in [-0.3, -0.25) is 9.59 Å². The fraction of sp³-hybridized carbons (Fsp3) is 0.577. The molecular formula is C26H38O8. The van der Waals surface area contributed by atoms with Crippen LogP contribution in [0.2, 0.25) is 0 Å². The van der Waals surface area contributed by atoms with Crippen LogP contribution >= 0.6 is 0 Å². The van der Waals surface area contributed by atoms with Crippen LogP contribution in [-0.2, 0) is 28.6 Å². The molecule has 0 radical (unpaired) electrons. The second kappa shape index (κ2) is 13.7. The largest absolute Gasteiger partial charge is 0.493 e. The number of hydrogen-bond donors (Lipinski definition) is 2. The number of hydrogen-bond acceptors (Lipinski definition) is 7. The molecule has 2 N–H and O–H groups in total. The number of ketones is 1. The summed E-state index contributed by atoms with van der Waals surface area (Å²) in [4.78, 5) is 35.3. The molecule has 0 aromatic rings. The van der Waals surface area contributed by atoms with Crippen LogP contribution in [0.1, 0.15) is 60.3 Å². The molecule has 0 bridgehead atoms. The van der Waals surface area contributed by atoms with E-state index in [0.29, 0.717) is 12.8 Å². The number of carboxylic acids is 1. The Kier molecular flexibility index (Phi) is 11.8. The van der Waals surface area contributed by atoms with Crippen molar-refractivity contribution in [2.45, 2.75) is 72.5 Å². The summed E-state index contributed by atoms with van der Waals surface area (Å²) in [5, 5.41) is 18.9. The normalized spacial score (nSPS) is 23.0. The molecular weight excluding hydrogens is 440 g/mol. The minimum atomic E-state index is -1.04. The average molecular weight is 479 g/mol. The number of aliphatic hydroxyl groups excluding tert-OH is 1. The number of methoxy groups -OCH3 is 2. The van der Waals surface area contributed by atoms with Crippen molar-refractivity contribution in [3.05, 3.63) is 46.5 Å². The van der Waals surface area contributed by atoms with Gasteiger partial charge < -0.3 is 24.4 Å². The van der Waals surface area contributed by atoms with Gasteiger partial charge in [0.1, 0.15) is 0 Å². The van der Waals surface area contributed by atoms with Crippen LogP contribution in [0.4, 0.5) is 0 Å². The van der Waals surface area contributed by atoms with Gasteiger partial charge in [-0.05, 0) is 52.5 Å². The highest BCUT2D eigenvalue weighted by atomic mass is 16.6. The molecule has 1 rings (SSSR count). The highest BCUT2D eigenvalue weighted by Crippen LogP contribution is 2.37. The van der Waals surface area contributed by atoms with E-state index in [1.807, 2.05) is 26.0 Å². The molecule has 0 aromatic heterocycles. The Hall–Kier alpha value is -2.87. The number of carbonyl (C=O) groups excluding carboxylic acids is 2. The number of Topliss-reactive ketones (excluding diaryl/α,β-unsaturated/α-hetero) is 1. The second-order valence-corrected chi connectivity index (χ2v) is 8.75. The predicted octanol–water partition coefficient (Wildman–Crippen LogP) is 4.10. The van der Waals surface area contributed by atoms with E-state index in [9.17, 15) is 19.5 Å². The first kappa shape index (κ1) is 29.2. The minimum Gasteiger partial charge on any atom is -0.493 e. The average Bonchev–Trinajstić information content (AvgIpc) is 2.74. The van der Waals surface area contributed by atoms with Crippen LogP contribution in [0, 0.1) is 11.8 Å². The first-order valence-corrected chi connectivity index (χ1v) is 11.4. The molecule has 34 heavy (non-hydrogen) atoms. The molecule has 0 saturated carbocycles. The molecule has 0 heterocycles. The van der Waals surface area contributed by atoms with Crippen molar-refractivity contribution in [2.24, 2.45) is 11.8 Å². The van der Waals surface area contributed by atoms with Crippen molar-refractivity contribution in [2.75, 3.05) is 14.2 Å². The van der Waals surface area contributed by atoms with E-state index in [-0.39, 0.29) is 28.8 Å². The highest BCUT2D eigenvalue weighted by Gasteiger charge is 2.44. The SMILES string of the molecule is COC1=C(OC)[C@H](OC(C)=O)[C@H](C/C=C(/C)CC/C=C(\C)C[C@H](O)/C=C(/C)C(=O)O)[C@@H](C)C1=O. The zero-order valence-corrected chi connectivity index (χ0v) is 21.2. The molecule has 0 saturated heterocycles. The number of aliphatic carboxylic acids is 1. The van der Waals surface area contributed by atoms with E-state index in [1.165, 1.54) is 34.1 Å². The Morgan fingerprint density at radius 2 is 1.71 bits per heavy atom. The smallest absolute Gasteiger partial charge is 0.331 e. The minimum absolute atomic E-state index is 0.0920. The number of aliphatic hydroxyl groups is 1. The van der Waals surface area contributed by atoms with Crippen molar-refractivity contribution >= 4 is 17.7 Å². The summed E-state index contributed by atoms with van der Waals surface area (Å²) in [5.74, 6) is -2.04. The van der Waals surface area contributed by atoms with E-state index in [2.05, 4.69) is 0 Å². The Morgan fingerprint density at radius 3 is 2.24 bits per heavy atom. The molecule has 190 valence electrons. The van der Waals surface area contributed by atoms with Gasteiger partial charge in [0.2, 0.25) is 11.5 Å². The van der Waals surface area contributed by atoms with Gasteiger partial charge in [0.15, 0.2) is 11.9 Å². The van der Waals surface area contributed by atoms with Crippen LogP contribution in [0.25, 0.3) is 0 Å². The van der Waals surface area contributed by atoms with Crippen molar-refractivity contribution in [3.8, 4) is 0 Å². The topological polar surface area (TPSA) is 119 Å². The molecule has 8 heteroatoms. The number of carboxylic acid groups (broad SMARTS) is 1. The van der Waals surface area contributed by atoms with E-state index in [0.717, 1.165) is 24.0 Å². The summed E-state index contributed by atoms with van der Waals surface area (Å²) in [5.41, 5.74) is 2.21. The molecule has 1 aliphatic rings. The third-order valence-corrected chi connectivity index (χ3v) is 5.95. The highest BCUT2D eigenvalue weighted by molar-refractivity contribution is 5.97. The Morgan fingerprint density at radius 1 is 1.06 bits per heavy atom. The van der Waals surface area contributed by atoms with Crippen LogP contribution in [0.15, 0.2) is 46.5 Å². The summed E-state index contributed by atoms with van der Waals surface area (Å²) in [7, 11) is 2.82. The third-order valence-electron chi connectivity index (χ3n) is 5.95. The number of allylic oxidation sites excluding steroid dienone is 4. The molecule has 0 spiro atoms. The van der Waals surface area contributed by atoms with Gasteiger partial charge in [-0.2, -0.15) is 0 Å². The lowest BCUT2D eigenvalue weighted by atomic mass is 9.77. The molecule has 0 aromatic carbocycles. The van der Waals surface area contributed by atoms with Crippen molar-refractivity contribution < 1.29 is 38.8 Å². The summed E-state index contributed by atoms with van der Waals surface area (Å²) in [6, 6.07) is 0. The second-order valence-electron chi connectivity index (χ2n) is 8.75. The Balaban J connectivity index is 2.84. The molecule has 0 unspecified atom stereocenters. The maximum absolute atomic E-state index is 12.8. The monoisotopic (exact) mass is 478 g/mol. The zero-order valence-electron chi connectivity index (χ0n) is 21.2. The lowest BCUT2D eigenvalue weighted by Crippen LogP contribution is -2.42. The van der Waals surface area contributed by atoms with E-state index >= 15 is 0 Å². The number of carbonyl (C=O) groups is 3. The fourth-order valence-corrected chi connectivity index (χ4v) is 3.98. The van der Waals surface area contributed by atoms with Crippen LogP contribution < -0.4 is 0 Å². The summed E-state index contributed by atoms with van der Waals surface area (Å²) in [6.07, 6.45) is 6.30. The molecule has 0 aliphatic heterocycles. The van der Waals surface area contributed by atoms with E-state index in [1.54, 1.807) is 6.92 Å². The van der Waals surface area contributed by atoms with Crippen molar-refractivity contribution in [1.82, 2.24) is 0 Å². The van der Waals surface area contributed by atoms with Crippen LogP contribution in [-0.4, -0.2) is 54.4 Å². The maximum Gasteiger partial charge on any atom is 0.331 e. The van der Waals surface area contributed by atoms with Gasteiger partial charge in [0.05, 0.1) is 20.3 Å².